The van der Waals surface area contributed by atoms with Gasteiger partial charge in [-0.2, -0.15) is 13.2 Å². The van der Waals surface area contributed by atoms with Crippen molar-refractivity contribution in [2.45, 2.75) is 44.7 Å². The number of β-amino-alcohol motifs (C(OH)–C–C–N with tert-alkyl or cyclic N) is 1. The molecule has 3 nitrogen and oxygen atoms in total. The molecule has 0 radical (unpaired) electrons. The maximum atomic E-state index is 13.1. The van der Waals surface area contributed by atoms with Gasteiger partial charge in [-0.05, 0) is 38.1 Å². The molecule has 1 aliphatic heterocycles. The molecule has 2 N–H and O–H groups in total. The second-order valence-electron chi connectivity index (χ2n) is 7.51. The highest BCUT2D eigenvalue weighted by Gasteiger charge is 2.36. The number of allylic oxidation sites excluding steroid dienone is 2. The SMILES string of the molecule is CC(C)(C)NCC(O)C1=c2ccccc2=C2C=C(C(F)(F)F)C=CC2O1. The lowest BCUT2D eigenvalue weighted by atomic mass is 9.93. The van der Waals surface area contributed by atoms with E-state index in [1.165, 1.54) is 6.08 Å². The second kappa shape index (κ2) is 6.59. The minimum absolute atomic E-state index is 0.178. The number of aliphatic hydroxyl groups is 1. The van der Waals surface area contributed by atoms with Gasteiger partial charge in [0.25, 0.3) is 0 Å². The van der Waals surface area contributed by atoms with Crippen LogP contribution in [0.15, 0.2) is 48.1 Å². The van der Waals surface area contributed by atoms with Gasteiger partial charge in [-0.3, -0.25) is 0 Å². The highest BCUT2D eigenvalue weighted by molar-refractivity contribution is 5.71. The first-order valence-electron chi connectivity index (χ1n) is 8.46. The molecule has 0 saturated carbocycles. The average Bonchev–Trinajstić information content (AvgIpc) is 2.57. The van der Waals surface area contributed by atoms with Crippen LogP contribution in [0.1, 0.15) is 20.8 Å². The van der Waals surface area contributed by atoms with Gasteiger partial charge >= 0.3 is 6.18 Å². The standard InChI is InChI=1S/C20H22F3NO2/c1-19(2,3)24-11-16(25)18-14-7-5-4-6-13(14)15-10-12(20(21,22)23)8-9-17(15)26-18/h4-10,16-17,24-25H,11H2,1-3H3. The van der Waals surface area contributed by atoms with Gasteiger partial charge in [0.15, 0.2) is 0 Å². The van der Waals surface area contributed by atoms with Crippen LogP contribution in [0.4, 0.5) is 13.2 Å². The number of alkyl halides is 3. The molecule has 1 aromatic carbocycles. The Morgan fingerprint density at radius 3 is 2.42 bits per heavy atom. The predicted octanol–water partition coefficient (Wildman–Crippen LogP) is 2.15. The van der Waals surface area contributed by atoms with E-state index in [2.05, 4.69) is 5.32 Å². The van der Waals surface area contributed by atoms with Gasteiger partial charge in [0, 0.05) is 22.9 Å². The fraction of sp³-hybridized carbons (Fsp3) is 0.400. The molecule has 2 unspecified atom stereocenters. The predicted molar refractivity (Wildman–Crippen MR) is 94.4 cm³/mol. The van der Waals surface area contributed by atoms with E-state index in [0.29, 0.717) is 21.8 Å². The zero-order valence-electron chi connectivity index (χ0n) is 14.9. The summed E-state index contributed by atoms with van der Waals surface area (Å²) in [5.41, 5.74) is -0.432. The lowest BCUT2D eigenvalue weighted by Crippen LogP contribution is -2.46. The quantitative estimate of drug-likeness (QED) is 0.863. The van der Waals surface area contributed by atoms with Gasteiger partial charge in [0.05, 0.1) is 5.57 Å². The van der Waals surface area contributed by atoms with Crippen LogP contribution in [0.25, 0.3) is 11.3 Å². The first-order valence-corrected chi connectivity index (χ1v) is 8.46. The van der Waals surface area contributed by atoms with Crippen molar-refractivity contribution in [3.63, 3.8) is 0 Å². The van der Waals surface area contributed by atoms with Gasteiger partial charge in [-0.25, -0.2) is 0 Å². The van der Waals surface area contributed by atoms with E-state index in [0.717, 1.165) is 12.2 Å². The molecule has 0 fully saturated rings. The molecule has 140 valence electrons. The highest BCUT2D eigenvalue weighted by Crippen LogP contribution is 2.33. The second-order valence-corrected chi connectivity index (χ2v) is 7.51. The Balaban J connectivity index is 2.10. The Kier molecular flexibility index (Phi) is 4.75. The monoisotopic (exact) mass is 365 g/mol. The first kappa shape index (κ1) is 18.7. The topological polar surface area (TPSA) is 41.5 Å². The Bertz CT molecular complexity index is 876. The minimum atomic E-state index is -4.41. The maximum Gasteiger partial charge on any atom is 0.416 e. The average molecular weight is 365 g/mol. The molecule has 0 bridgehead atoms. The van der Waals surface area contributed by atoms with E-state index in [4.69, 9.17) is 4.74 Å². The number of ether oxygens (including phenoxy) is 1. The Morgan fingerprint density at radius 2 is 1.81 bits per heavy atom. The van der Waals surface area contributed by atoms with Crippen molar-refractivity contribution in [2.75, 3.05) is 6.54 Å². The third-order valence-electron chi connectivity index (χ3n) is 4.28. The largest absolute Gasteiger partial charge is 0.482 e. The fourth-order valence-electron chi connectivity index (χ4n) is 3.01. The van der Waals surface area contributed by atoms with Gasteiger partial charge in [-0.15, -0.1) is 0 Å². The molecule has 26 heavy (non-hydrogen) atoms. The summed E-state index contributed by atoms with van der Waals surface area (Å²) in [6.45, 7) is 6.24. The van der Waals surface area contributed by atoms with Crippen molar-refractivity contribution in [3.05, 3.63) is 58.5 Å². The first-order chi connectivity index (χ1) is 12.1. The maximum absolute atomic E-state index is 13.1. The summed E-state index contributed by atoms with van der Waals surface area (Å²) in [6.07, 6.45) is -2.42. The van der Waals surface area contributed by atoms with E-state index >= 15 is 0 Å². The van der Waals surface area contributed by atoms with Gasteiger partial charge < -0.3 is 15.2 Å². The molecule has 6 heteroatoms. The van der Waals surface area contributed by atoms with Crippen molar-refractivity contribution in [2.24, 2.45) is 0 Å². The molecule has 0 amide bonds. The van der Waals surface area contributed by atoms with E-state index in [-0.39, 0.29) is 12.1 Å². The highest BCUT2D eigenvalue weighted by atomic mass is 19.4. The number of halogens is 3. The molecule has 0 spiro atoms. The fourth-order valence-corrected chi connectivity index (χ4v) is 3.01. The van der Waals surface area contributed by atoms with Crippen LogP contribution in [-0.4, -0.2) is 35.6 Å². The number of hydrogen-bond donors (Lipinski definition) is 2. The van der Waals surface area contributed by atoms with Crippen LogP contribution in [0, 0.1) is 0 Å². The van der Waals surface area contributed by atoms with E-state index < -0.39 is 24.0 Å². The summed E-state index contributed by atoms with van der Waals surface area (Å²) in [6, 6.07) is 7.06. The number of rotatable bonds is 3. The molecule has 1 aromatic rings. The van der Waals surface area contributed by atoms with E-state index in [1.54, 1.807) is 24.3 Å². The van der Waals surface area contributed by atoms with Crippen LogP contribution in [0.5, 0.6) is 0 Å². The molecule has 0 saturated heterocycles. The molecule has 2 atom stereocenters. The van der Waals surface area contributed by atoms with Gasteiger partial charge in [0.1, 0.15) is 18.0 Å². The summed E-state index contributed by atoms with van der Waals surface area (Å²) in [5, 5.41) is 15.1. The zero-order valence-corrected chi connectivity index (χ0v) is 14.9. The summed E-state index contributed by atoms with van der Waals surface area (Å²) in [4.78, 5) is 0. The summed E-state index contributed by atoms with van der Waals surface area (Å²) >= 11 is 0. The van der Waals surface area contributed by atoms with Crippen molar-refractivity contribution in [3.8, 4) is 0 Å². The normalized spacial score (nSPS) is 20.9. The Hall–Kier alpha value is -2.05. The molecule has 2 aliphatic rings. The van der Waals surface area contributed by atoms with Crippen molar-refractivity contribution in [1.82, 2.24) is 5.32 Å². The van der Waals surface area contributed by atoms with Crippen molar-refractivity contribution in [1.29, 1.82) is 0 Å². The smallest absolute Gasteiger partial charge is 0.416 e. The number of benzene rings is 1. The molecule has 3 rings (SSSR count). The molecule has 1 aliphatic carbocycles. The van der Waals surface area contributed by atoms with Crippen molar-refractivity contribution >= 4 is 11.3 Å². The van der Waals surface area contributed by atoms with Gasteiger partial charge in [-0.1, -0.05) is 30.3 Å². The van der Waals surface area contributed by atoms with Crippen LogP contribution in [0.2, 0.25) is 0 Å². The van der Waals surface area contributed by atoms with E-state index in [9.17, 15) is 18.3 Å². The third-order valence-corrected chi connectivity index (χ3v) is 4.28. The number of nitrogens with one attached hydrogen (secondary N) is 1. The number of hydrogen-bond acceptors (Lipinski definition) is 3. The number of fused-ring (bicyclic) bond motifs is 2. The summed E-state index contributed by atoms with van der Waals surface area (Å²) in [5.74, 6) is 0.375. The van der Waals surface area contributed by atoms with Crippen LogP contribution in [-0.2, 0) is 4.74 Å². The van der Waals surface area contributed by atoms with Gasteiger partial charge in [0.2, 0.25) is 0 Å². The van der Waals surface area contributed by atoms with E-state index in [1.807, 2.05) is 20.8 Å². The molecular formula is C20H22F3NO2. The molecule has 0 aromatic heterocycles. The Morgan fingerprint density at radius 1 is 1.15 bits per heavy atom. The lowest BCUT2D eigenvalue weighted by molar-refractivity contribution is -0.0883. The third kappa shape index (κ3) is 3.86. The lowest BCUT2D eigenvalue weighted by Gasteiger charge is -2.30. The zero-order chi connectivity index (χ0) is 19.1. The number of aliphatic hydroxyl groups excluding tert-OH is 1. The van der Waals surface area contributed by atoms with Crippen LogP contribution >= 0.6 is 0 Å². The Labute approximate surface area is 150 Å². The van der Waals surface area contributed by atoms with Crippen LogP contribution in [0.3, 0.4) is 0 Å². The minimum Gasteiger partial charge on any atom is -0.482 e. The van der Waals surface area contributed by atoms with Crippen LogP contribution < -0.4 is 15.8 Å². The molecule has 1 heterocycles. The summed E-state index contributed by atoms with van der Waals surface area (Å²) in [7, 11) is 0. The molecular weight excluding hydrogens is 343 g/mol. The van der Waals surface area contributed by atoms with Crippen molar-refractivity contribution < 1.29 is 23.0 Å². The summed E-state index contributed by atoms with van der Waals surface area (Å²) < 4.78 is 45.1.